The van der Waals surface area contributed by atoms with Gasteiger partial charge in [0.1, 0.15) is 30.5 Å². The van der Waals surface area contributed by atoms with Crippen LogP contribution in [-0.4, -0.2) is 104 Å². The van der Waals surface area contributed by atoms with Crippen molar-refractivity contribution in [3.63, 3.8) is 0 Å². The van der Waals surface area contributed by atoms with Gasteiger partial charge in [-0.1, -0.05) is 13.3 Å². The molecule has 0 aliphatic carbocycles. The summed E-state index contributed by atoms with van der Waals surface area (Å²) in [7, 11) is 0. The Morgan fingerprint density at radius 2 is 1.77 bits per heavy atom. The fourth-order valence-corrected chi connectivity index (χ4v) is 3.08. The SMILES string of the molecule is C[C@H](NC(=O)[C@@H](C)CCCCNCC(F)(F)C1(O)O[C@H](CO)[C@H](O)[C@H](O)[C@H]1O)C(=O)O. The van der Waals surface area contributed by atoms with Gasteiger partial charge in [0.05, 0.1) is 13.2 Å². The summed E-state index contributed by atoms with van der Waals surface area (Å²) in [5, 5.41) is 61.9. The molecule has 1 fully saturated rings. The molecule has 1 amide bonds. The number of aliphatic carboxylic acids is 1. The summed E-state index contributed by atoms with van der Waals surface area (Å²) >= 11 is 0. The van der Waals surface area contributed by atoms with Crippen LogP contribution in [0.15, 0.2) is 0 Å². The van der Waals surface area contributed by atoms with Crippen molar-refractivity contribution in [1.29, 1.82) is 0 Å². The van der Waals surface area contributed by atoms with E-state index in [-0.39, 0.29) is 6.54 Å². The summed E-state index contributed by atoms with van der Waals surface area (Å²) in [5.74, 6) is -9.68. The van der Waals surface area contributed by atoms with Gasteiger partial charge in [0, 0.05) is 5.92 Å². The van der Waals surface area contributed by atoms with Crippen LogP contribution in [0.2, 0.25) is 0 Å². The summed E-state index contributed by atoms with van der Waals surface area (Å²) in [4.78, 5) is 22.6. The van der Waals surface area contributed by atoms with Crippen molar-refractivity contribution in [2.24, 2.45) is 5.92 Å². The van der Waals surface area contributed by atoms with E-state index in [0.717, 1.165) is 0 Å². The number of carboxylic acids is 1. The third-order valence-corrected chi connectivity index (χ3v) is 5.25. The van der Waals surface area contributed by atoms with Crippen LogP contribution < -0.4 is 10.6 Å². The van der Waals surface area contributed by atoms with Gasteiger partial charge in [-0.3, -0.25) is 9.59 Å². The van der Waals surface area contributed by atoms with E-state index in [4.69, 9.17) is 10.2 Å². The minimum Gasteiger partial charge on any atom is -0.480 e. The van der Waals surface area contributed by atoms with Crippen LogP contribution in [0.5, 0.6) is 0 Å². The lowest BCUT2D eigenvalue weighted by atomic mass is 9.88. The van der Waals surface area contributed by atoms with E-state index in [9.17, 15) is 38.8 Å². The van der Waals surface area contributed by atoms with E-state index in [1.54, 1.807) is 6.92 Å². The molecule has 1 aliphatic heterocycles. The zero-order valence-corrected chi connectivity index (χ0v) is 17.4. The third kappa shape index (κ3) is 6.75. The molecule has 0 aromatic heterocycles. The lowest BCUT2D eigenvalue weighted by molar-refractivity contribution is -0.409. The highest BCUT2D eigenvalue weighted by Crippen LogP contribution is 2.39. The number of hydrogen-bond acceptors (Lipinski definition) is 9. The van der Waals surface area contributed by atoms with Crippen LogP contribution in [0.25, 0.3) is 0 Å². The van der Waals surface area contributed by atoms with Crippen LogP contribution in [0.1, 0.15) is 33.1 Å². The van der Waals surface area contributed by atoms with Gasteiger partial charge in [-0.25, -0.2) is 0 Å². The van der Waals surface area contributed by atoms with Crippen molar-refractivity contribution in [3.8, 4) is 0 Å². The smallest absolute Gasteiger partial charge is 0.325 e. The zero-order chi connectivity index (χ0) is 24.0. The topological polar surface area (TPSA) is 189 Å². The second-order valence-electron chi connectivity index (χ2n) is 7.81. The lowest BCUT2D eigenvalue weighted by Gasteiger charge is -2.48. The largest absolute Gasteiger partial charge is 0.480 e. The maximum atomic E-state index is 14.5. The van der Waals surface area contributed by atoms with E-state index in [0.29, 0.717) is 19.3 Å². The number of nitrogens with one attached hydrogen (secondary N) is 2. The number of rotatable bonds is 12. The van der Waals surface area contributed by atoms with Crippen molar-refractivity contribution < 1.29 is 53.7 Å². The van der Waals surface area contributed by atoms with Crippen molar-refractivity contribution >= 4 is 11.9 Å². The predicted octanol–water partition coefficient (Wildman–Crippen LogP) is -2.23. The molecule has 0 radical (unpaired) electrons. The van der Waals surface area contributed by atoms with Gasteiger partial charge in [0.2, 0.25) is 5.91 Å². The van der Waals surface area contributed by atoms with Gasteiger partial charge in [0.15, 0.2) is 0 Å². The van der Waals surface area contributed by atoms with E-state index >= 15 is 0 Å². The number of amides is 1. The van der Waals surface area contributed by atoms with E-state index in [1.807, 2.05) is 0 Å². The molecule has 1 aliphatic rings. The molecule has 0 saturated carbocycles. The highest BCUT2D eigenvalue weighted by atomic mass is 19.3. The first kappa shape index (κ1) is 27.6. The minimum atomic E-state index is -4.08. The molecule has 1 heterocycles. The van der Waals surface area contributed by atoms with E-state index in [1.165, 1.54) is 6.92 Å². The van der Waals surface area contributed by atoms with Crippen molar-refractivity contribution in [2.75, 3.05) is 19.7 Å². The number of hydrogen-bond donors (Lipinski definition) is 8. The number of aliphatic hydroxyl groups excluding tert-OH is 4. The maximum absolute atomic E-state index is 14.5. The number of carbonyl (C=O) groups excluding carboxylic acids is 1. The summed E-state index contributed by atoms with van der Waals surface area (Å²) in [6, 6.07) is -1.02. The molecule has 11 nitrogen and oxygen atoms in total. The Labute approximate surface area is 178 Å². The molecular formula is C18H32F2N2O9. The van der Waals surface area contributed by atoms with Crippen LogP contribution >= 0.6 is 0 Å². The summed E-state index contributed by atoms with van der Waals surface area (Å²) in [5.41, 5.74) is 0. The number of halogens is 2. The Morgan fingerprint density at radius 1 is 1.16 bits per heavy atom. The van der Waals surface area contributed by atoms with Gasteiger partial charge in [-0.05, 0) is 26.3 Å². The normalized spacial score (nSPS) is 31.1. The number of unbranched alkanes of at least 4 members (excludes halogenated alkanes) is 1. The molecule has 182 valence electrons. The number of carboxylic acid groups (broad SMARTS) is 1. The van der Waals surface area contributed by atoms with Gasteiger partial charge >= 0.3 is 11.9 Å². The quantitative estimate of drug-likeness (QED) is 0.149. The average Bonchev–Trinajstić information content (AvgIpc) is 2.70. The van der Waals surface area contributed by atoms with Crippen LogP contribution in [0.4, 0.5) is 8.78 Å². The van der Waals surface area contributed by atoms with Crippen molar-refractivity contribution in [3.05, 3.63) is 0 Å². The standard InChI is InChI=1S/C18H32F2N2O9/c1-9(15(27)22-10(2)16(28)29)5-3-4-6-21-8-17(19,20)18(30)14(26)13(25)12(24)11(7-23)31-18/h9-14,21,23-26,30H,3-8H2,1-2H3,(H,22,27)(H,28,29)/t9-,10-,11+,12-,13-,14+,18?/m0/s1. The fourth-order valence-electron chi connectivity index (χ4n) is 3.08. The van der Waals surface area contributed by atoms with Crippen molar-refractivity contribution in [1.82, 2.24) is 10.6 Å². The highest BCUT2D eigenvalue weighted by molar-refractivity contribution is 5.84. The molecule has 8 N–H and O–H groups in total. The van der Waals surface area contributed by atoms with Crippen molar-refractivity contribution in [2.45, 2.75) is 75.3 Å². The molecule has 0 aromatic rings. The highest BCUT2D eigenvalue weighted by Gasteiger charge is 2.65. The van der Waals surface area contributed by atoms with Gasteiger partial charge < -0.3 is 46.0 Å². The number of ether oxygens (including phenoxy) is 1. The summed E-state index contributed by atoms with van der Waals surface area (Å²) in [6.07, 6.45) is -7.01. The molecule has 0 spiro atoms. The molecule has 31 heavy (non-hydrogen) atoms. The molecule has 13 heteroatoms. The molecule has 0 aromatic carbocycles. The first-order chi connectivity index (χ1) is 14.3. The predicted molar refractivity (Wildman–Crippen MR) is 101 cm³/mol. The number of aliphatic hydroxyl groups is 5. The zero-order valence-electron chi connectivity index (χ0n) is 17.4. The second-order valence-corrected chi connectivity index (χ2v) is 7.81. The Bertz CT molecular complexity index is 611. The van der Waals surface area contributed by atoms with E-state index < -0.39 is 73.1 Å². The maximum Gasteiger partial charge on any atom is 0.325 e. The fraction of sp³-hybridized carbons (Fsp3) is 0.889. The molecular weight excluding hydrogens is 426 g/mol. The Hall–Kier alpha value is -1.48. The Balaban J connectivity index is 2.45. The van der Waals surface area contributed by atoms with Gasteiger partial charge in [0.25, 0.3) is 5.79 Å². The molecule has 7 atom stereocenters. The van der Waals surface area contributed by atoms with E-state index in [2.05, 4.69) is 15.4 Å². The first-order valence-corrected chi connectivity index (χ1v) is 9.95. The van der Waals surface area contributed by atoms with Gasteiger partial charge in [-0.15, -0.1) is 0 Å². The molecule has 1 rings (SSSR count). The summed E-state index contributed by atoms with van der Waals surface area (Å²) < 4.78 is 33.7. The third-order valence-electron chi connectivity index (χ3n) is 5.25. The van der Waals surface area contributed by atoms with Crippen LogP contribution in [0, 0.1) is 5.92 Å². The molecule has 1 saturated heterocycles. The Morgan fingerprint density at radius 3 is 2.32 bits per heavy atom. The Kier molecular flexibility index (Phi) is 10.1. The minimum absolute atomic E-state index is 0.0657. The number of carbonyl (C=O) groups is 2. The lowest BCUT2D eigenvalue weighted by Crippen LogP contribution is -2.72. The summed E-state index contributed by atoms with van der Waals surface area (Å²) in [6.45, 7) is 0.915. The van der Waals surface area contributed by atoms with Gasteiger partial charge in [-0.2, -0.15) is 8.78 Å². The van der Waals surface area contributed by atoms with Crippen LogP contribution in [0.3, 0.4) is 0 Å². The molecule has 1 unspecified atom stereocenters. The average molecular weight is 458 g/mol. The first-order valence-electron chi connectivity index (χ1n) is 9.95. The second kappa shape index (κ2) is 11.4. The van der Waals surface area contributed by atoms with Crippen LogP contribution in [-0.2, 0) is 14.3 Å². The monoisotopic (exact) mass is 458 g/mol. The number of alkyl halides is 2. The molecule has 0 bridgehead atoms.